The second-order valence-electron chi connectivity index (χ2n) is 10.5. The fraction of sp³-hybridized carbons (Fsp3) is 0.111. The van der Waals surface area contributed by atoms with Crippen LogP contribution in [0.25, 0.3) is 33.4 Å². The molecule has 47 heavy (non-hydrogen) atoms. The summed E-state index contributed by atoms with van der Waals surface area (Å²) in [5.74, 6) is -0.0291. The molecule has 0 saturated heterocycles. The summed E-state index contributed by atoms with van der Waals surface area (Å²) < 4.78 is 74.0. The number of phosphoric acid groups is 1. The van der Waals surface area contributed by atoms with Gasteiger partial charge in [0.25, 0.3) is 0 Å². The summed E-state index contributed by atoms with van der Waals surface area (Å²) in [5, 5.41) is 0.617. The van der Waals surface area contributed by atoms with Crippen LogP contribution < -0.4 is 9.26 Å². The van der Waals surface area contributed by atoms with E-state index in [4.69, 9.17) is 18.6 Å². The maximum atomic E-state index is 14.3. The molecule has 4 aromatic carbocycles. The maximum Gasteiger partial charge on any atom is 0.573 e. The van der Waals surface area contributed by atoms with Crippen molar-refractivity contribution in [2.45, 2.75) is 26.5 Å². The molecule has 0 aliphatic heterocycles. The maximum absolute atomic E-state index is 14.3. The highest BCUT2D eigenvalue weighted by atomic mass is 31.2. The summed E-state index contributed by atoms with van der Waals surface area (Å²) in [4.78, 5) is 9.39. The van der Waals surface area contributed by atoms with Gasteiger partial charge in [-0.2, -0.15) is 0 Å². The van der Waals surface area contributed by atoms with Crippen molar-refractivity contribution in [2.75, 3.05) is 0 Å². The molecular weight excluding hydrogens is 628 g/mol. The topological polar surface area (TPSA) is 79.8 Å². The molecule has 0 fully saturated rings. The Morgan fingerprint density at radius 3 is 1.85 bits per heavy atom. The summed E-state index contributed by atoms with van der Waals surface area (Å²) in [5.41, 5.74) is 5.08. The number of fused-ring (bicyclic) bond motifs is 1. The summed E-state index contributed by atoms with van der Waals surface area (Å²) >= 11 is 0. The van der Waals surface area contributed by atoms with E-state index in [1.54, 1.807) is 25.3 Å². The molecule has 6 aromatic rings. The quantitative estimate of drug-likeness (QED) is 0.128. The third kappa shape index (κ3) is 8.04. The van der Waals surface area contributed by atoms with Gasteiger partial charge in [-0.25, -0.2) is 9.55 Å². The van der Waals surface area contributed by atoms with Crippen LogP contribution in [-0.2, 0) is 26.8 Å². The standard InChI is InChI=1S/C36H28F3N2O5P/c1-25-34(29-18-21-32(40-22-29)28-16-19-30(20-17-28)45-36(37,38)39)41-33-15-9-8-14-31(33)35(25)46-47(42,43-23-26-10-4-2-5-11-26)44-24-27-12-6-3-7-13-27/h2-22H,23-24H2,1H3. The van der Waals surface area contributed by atoms with Crippen molar-refractivity contribution >= 4 is 18.7 Å². The van der Waals surface area contributed by atoms with Crippen molar-refractivity contribution < 1.29 is 36.0 Å². The Labute approximate surface area is 269 Å². The number of pyridine rings is 2. The van der Waals surface area contributed by atoms with E-state index in [-0.39, 0.29) is 19.0 Å². The summed E-state index contributed by atoms with van der Waals surface area (Å²) in [6.07, 6.45) is -3.16. The highest BCUT2D eigenvalue weighted by molar-refractivity contribution is 7.48. The Kier molecular flexibility index (Phi) is 9.36. The van der Waals surface area contributed by atoms with Crippen molar-refractivity contribution in [3.63, 3.8) is 0 Å². The Bertz CT molecular complexity index is 1960. The molecule has 0 unspecified atom stereocenters. The van der Waals surface area contributed by atoms with Gasteiger partial charge in [0, 0.05) is 28.3 Å². The molecule has 2 heterocycles. The molecule has 0 spiro atoms. The van der Waals surface area contributed by atoms with Crippen LogP contribution >= 0.6 is 7.82 Å². The smallest absolute Gasteiger partial charge is 0.406 e. The van der Waals surface area contributed by atoms with E-state index in [0.29, 0.717) is 44.7 Å². The molecule has 0 atom stereocenters. The summed E-state index contributed by atoms with van der Waals surface area (Å²) in [6.45, 7) is 1.79. The van der Waals surface area contributed by atoms with Crippen LogP contribution in [0.15, 0.2) is 128 Å². The fourth-order valence-corrected chi connectivity index (χ4v) is 6.12. The number of aromatic nitrogens is 2. The number of nitrogens with zero attached hydrogens (tertiary/aromatic N) is 2. The molecule has 0 N–H and O–H groups in total. The van der Waals surface area contributed by atoms with E-state index in [1.165, 1.54) is 24.3 Å². The molecule has 0 saturated carbocycles. The first-order valence-corrected chi connectivity index (χ1v) is 16.0. The normalized spacial score (nSPS) is 11.8. The number of phosphoric ester groups is 1. The minimum Gasteiger partial charge on any atom is -0.406 e. The van der Waals surface area contributed by atoms with Gasteiger partial charge in [0.05, 0.1) is 30.1 Å². The zero-order valence-electron chi connectivity index (χ0n) is 25.1. The van der Waals surface area contributed by atoms with Gasteiger partial charge in [0.2, 0.25) is 0 Å². The molecule has 0 radical (unpaired) electrons. The second kappa shape index (κ2) is 13.8. The van der Waals surface area contributed by atoms with E-state index in [9.17, 15) is 17.7 Å². The predicted octanol–water partition coefficient (Wildman–Crippen LogP) is 10.1. The highest BCUT2D eigenvalue weighted by Crippen LogP contribution is 2.53. The fourth-order valence-electron chi connectivity index (χ4n) is 4.87. The van der Waals surface area contributed by atoms with Crippen LogP contribution in [0.4, 0.5) is 13.2 Å². The second-order valence-corrected chi connectivity index (χ2v) is 12.1. The highest BCUT2D eigenvalue weighted by Gasteiger charge is 2.32. The van der Waals surface area contributed by atoms with Gasteiger partial charge in [0.15, 0.2) is 0 Å². The van der Waals surface area contributed by atoms with Gasteiger partial charge in [-0.1, -0.05) is 72.8 Å². The van der Waals surface area contributed by atoms with Crippen LogP contribution in [0.1, 0.15) is 16.7 Å². The number of halogens is 3. The van der Waals surface area contributed by atoms with Crippen LogP contribution in [0.5, 0.6) is 11.5 Å². The van der Waals surface area contributed by atoms with Gasteiger partial charge >= 0.3 is 14.2 Å². The van der Waals surface area contributed by atoms with E-state index in [2.05, 4.69) is 9.72 Å². The Morgan fingerprint density at radius 1 is 0.702 bits per heavy atom. The Morgan fingerprint density at radius 2 is 1.28 bits per heavy atom. The number of alkyl halides is 3. The van der Waals surface area contributed by atoms with E-state index >= 15 is 0 Å². The van der Waals surface area contributed by atoms with Crippen molar-refractivity contribution in [1.29, 1.82) is 0 Å². The van der Waals surface area contributed by atoms with Gasteiger partial charge in [-0.15, -0.1) is 13.2 Å². The van der Waals surface area contributed by atoms with Crippen LogP contribution in [0.3, 0.4) is 0 Å². The summed E-state index contributed by atoms with van der Waals surface area (Å²) in [6, 6.07) is 34.9. The first kappa shape index (κ1) is 31.9. The average Bonchev–Trinajstić information content (AvgIpc) is 3.08. The minimum absolute atomic E-state index is 0.00345. The first-order chi connectivity index (χ1) is 22.7. The third-order valence-corrected chi connectivity index (χ3v) is 8.46. The lowest BCUT2D eigenvalue weighted by molar-refractivity contribution is -0.274. The van der Waals surface area contributed by atoms with E-state index < -0.39 is 14.2 Å². The lowest BCUT2D eigenvalue weighted by atomic mass is 10.0. The number of ether oxygens (including phenoxy) is 1. The third-order valence-electron chi connectivity index (χ3n) is 7.16. The molecule has 7 nitrogen and oxygen atoms in total. The molecular formula is C36H28F3N2O5P. The molecule has 6 rings (SSSR count). The first-order valence-electron chi connectivity index (χ1n) is 14.5. The predicted molar refractivity (Wildman–Crippen MR) is 173 cm³/mol. The molecule has 11 heteroatoms. The molecule has 0 aliphatic carbocycles. The van der Waals surface area contributed by atoms with Crippen molar-refractivity contribution in [2.24, 2.45) is 0 Å². The molecule has 2 aromatic heterocycles. The molecule has 238 valence electrons. The molecule has 0 aliphatic rings. The monoisotopic (exact) mass is 656 g/mol. The number of hydrogen-bond acceptors (Lipinski definition) is 7. The van der Waals surface area contributed by atoms with Crippen LogP contribution in [-0.4, -0.2) is 16.3 Å². The van der Waals surface area contributed by atoms with Gasteiger partial charge in [-0.05, 0) is 66.6 Å². The molecule has 0 bridgehead atoms. The number of rotatable bonds is 11. The van der Waals surface area contributed by atoms with Gasteiger partial charge in [-0.3, -0.25) is 14.0 Å². The lowest BCUT2D eigenvalue weighted by Crippen LogP contribution is -2.16. The van der Waals surface area contributed by atoms with Crippen molar-refractivity contribution in [3.8, 4) is 34.0 Å². The van der Waals surface area contributed by atoms with E-state index in [0.717, 1.165) is 11.1 Å². The zero-order chi connectivity index (χ0) is 32.9. The summed E-state index contributed by atoms with van der Waals surface area (Å²) in [7, 11) is -4.20. The van der Waals surface area contributed by atoms with Crippen LogP contribution in [0.2, 0.25) is 0 Å². The SMILES string of the molecule is Cc1c(-c2ccc(-c3ccc(OC(F)(F)F)cc3)nc2)nc2ccccc2c1OP(=O)(OCc1ccccc1)OCc1ccccc1. The minimum atomic E-state index is -4.77. The Hall–Kier alpha value is -5.02. The van der Waals surface area contributed by atoms with Crippen molar-refractivity contribution in [3.05, 3.63) is 144 Å². The average molecular weight is 657 g/mol. The van der Waals surface area contributed by atoms with Gasteiger partial charge in [0.1, 0.15) is 11.5 Å². The Balaban J connectivity index is 1.32. The lowest BCUT2D eigenvalue weighted by Gasteiger charge is -2.22. The largest absolute Gasteiger partial charge is 0.573 e. The van der Waals surface area contributed by atoms with Gasteiger partial charge < -0.3 is 9.26 Å². The van der Waals surface area contributed by atoms with Crippen molar-refractivity contribution in [1.82, 2.24) is 9.97 Å². The number of para-hydroxylation sites is 1. The van der Waals surface area contributed by atoms with Crippen LogP contribution in [0, 0.1) is 6.92 Å². The molecule has 0 amide bonds. The van der Waals surface area contributed by atoms with E-state index in [1.807, 2.05) is 84.9 Å². The number of benzene rings is 4. The zero-order valence-corrected chi connectivity index (χ0v) is 25.9. The number of hydrogen-bond donors (Lipinski definition) is 0.